The highest BCUT2D eigenvalue weighted by molar-refractivity contribution is 6.00. The average Bonchev–Trinajstić information content (AvgIpc) is 3.03. The third-order valence-electron chi connectivity index (χ3n) is 4.58. The van der Waals surface area contributed by atoms with Gasteiger partial charge in [-0.15, -0.1) is 0 Å². The van der Waals surface area contributed by atoms with Crippen LogP contribution in [0.5, 0.6) is 5.75 Å². The molecule has 0 saturated carbocycles. The fourth-order valence-electron chi connectivity index (χ4n) is 2.99. The standard InChI is InChI=1S/C20H18N4O4/c1-11-8-13-17-18(28-19(13)22-12(11)2)20(26)24(10-21-17)9-16(25)23-14-6-4-5-7-15(14)27-3/h4-8,10H,9H2,1-3H3,(H,23,25). The molecule has 0 aliphatic carbocycles. The summed E-state index contributed by atoms with van der Waals surface area (Å²) in [6, 6.07) is 8.94. The number of hydrogen-bond acceptors (Lipinski definition) is 6. The molecular formula is C20H18N4O4. The van der Waals surface area contributed by atoms with Crippen LogP contribution in [0.3, 0.4) is 0 Å². The average molecular weight is 378 g/mol. The lowest BCUT2D eigenvalue weighted by atomic mass is 10.2. The highest BCUT2D eigenvalue weighted by Crippen LogP contribution is 2.25. The molecule has 142 valence electrons. The summed E-state index contributed by atoms with van der Waals surface area (Å²) in [5.41, 5.74) is 2.78. The normalized spacial score (nSPS) is 11.1. The summed E-state index contributed by atoms with van der Waals surface area (Å²) < 4.78 is 12.1. The van der Waals surface area contributed by atoms with E-state index in [0.29, 0.717) is 28.1 Å². The van der Waals surface area contributed by atoms with Crippen LogP contribution in [0.25, 0.3) is 22.2 Å². The van der Waals surface area contributed by atoms with Gasteiger partial charge in [-0.3, -0.25) is 14.2 Å². The molecule has 0 aliphatic heterocycles. The molecule has 0 atom stereocenters. The highest BCUT2D eigenvalue weighted by Gasteiger charge is 2.17. The second-order valence-electron chi connectivity index (χ2n) is 6.45. The topological polar surface area (TPSA) is 99.2 Å². The van der Waals surface area contributed by atoms with Gasteiger partial charge < -0.3 is 14.5 Å². The molecule has 1 aromatic carbocycles. The van der Waals surface area contributed by atoms with Gasteiger partial charge in [-0.1, -0.05) is 12.1 Å². The Morgan fingerprint density at radius 3 is 2.86 bits per heavy atom. The van der Waals surface area contributed by atoms with Gasteiger partial charge in [0.15, 0.2) is 0 Å². The van der Waals surface area contributed by atoms with Gasteiger partial charge >= 0.3 is 0 Å². The number of aryl methyl sites for hydroxylation is 2. The maximum absolute atomic E-state index is 12.8. The minimum absolute atomic E-state index is 0.0834. The summed E-state index contributed by atoms with van der Waals surface area (Å²) in [5, 5.41) is 3.41. The molecule has 0 unspecified atom stereocenters. The van der Waals surface area contributed by atoms with E-state index in [1.807, 2.05) is 19.9 Å². The first kappa shape index (κ1) is 17.7. The van der Waals surface area contributed by atoms with Crippen molar-refractivity contribution in [2.24, 2.45) is 0 Å². The Morgan fingerprint density at radius 1 is 1.29 bits per heavy atom. The molecule has 28 heavy (non-hydrogen) atoms. The molecule has 4 rings (SSSR count). The van der Waals surface area contributed by atoms with Crippen molar-refractivity contribution in [3.05, 3.63) is 58.3 Å². The van der Waals surface area contributed by atoms with Crippen LogP contribution in [0.4, 0.5) is 5.69 Å². The molecule has 8 heteroatoms. The molecule has 0 saturated heterocycles. The van der Waals surface area contributed by atoms with E-state index in [9.17, 15) is 9.59 Å². The Balaban J connectivity index is 1.67. The largest absolute Gasteiger partial charge is 0.495 e. The third kappa shape index (κ3) is 2.98. The number of rotatable bonds is 4. The molecule has 8 nitrogen and oxygen atoms in total. The summed E-state index contributed by atoms with van der Waals surface area (Å²) >= 11 is 0. The second-order valence-corrected chi connectivity index (χ2v) is 6.45. The van der Waals surface area contributed by atoms with Gasteiger partial charge in [0.1, 0.15) is 17.8 Å². The van der Waals surface area contributed by atoms with Gasteiger partial charge in [0, 0.05) is 5.69 Å². The van der Waals surface area contributed by atoms with Crippen molar-refractivity contribution in [3.63, 3.8) is 0 Å². The van der Waals surface area contributed by atoms with Crippen LogP contribution in [0, 0.1) is 13.8 Å². The number of para-hydroxylation sites is 2. The zero-order valence-electron chi connectivity index (χ0n) is 15.6. The number of nitrogens with one attached hydrogen (secondary N) is 1. The van der Waals surface area contributed by atoms with Crippen LogP contribution in [0.2, 0.25) is 0 Å². The molecule has 0 radical (unpaired) electrons. The van der Waals surface area contributed by atoms with Crippen LogP contribution < -0.4 is 15.6 Å². The SMILES string of the molecule is COc1ccccc1NC(=O)Cn1cnc2c(oc3nc(C)c(C)cc32)c1=O. The number of fused-ring (bicyclic) bond motifs is 3. The van der Waals surface area contributed by atoms with Gasteiger partial charge in [0.25, 0.3) is 5.56 Å². The lowest BCUT2D eigenvalue weighted by Gasteiger charge is -2.10. The Labute approximate surface area is 159 Å². The van der Waals surface area contributed by atoms with Gasteiger partial charge in [-0.05, 0) is 37.6 Å². The van der Waals surface area contributed by atoms with Crippen molar-refractivity contribution in [1.29, 1.82) is 0 Å². The number of hydrogen-bond donors (Lipinski definition) is 1. The Bertz CT molecular complexity index is 1270. The van der Waals surface area contributed by atoms with E-state index in [2.05, 4.69) is 15.3 Å². The number of pyridine rings is 1. The minimum atomic E-state index is -0.437. The summed E-state index contributed by atoms with van der Waals surface area (Å²) in [4.78, 5) is 33.9. The molecule has 3 aromatic heterocycles. The first-order valence-electron chi connectivity index (χ1n) is 8.66. The minimum Gasteiger partial charge on any atom is -0.495 e. The Hall–Kier alpha value is -3.68. The van der Waals surface area contributed by atoms with Crippen molar-refractivity contribution in [3.8, 4) is 5.75 Å². The predicted octanol–water partition coefficient (Wildman–Crippen LogP) is 2.80. The van der Waals surface area contributed by atoms with Crippen LogP contribution >= 0.6 is 0 Å². The number of methoxy groups -OCH3 is 1. The zero-order chi connectivity index (χ0) is 19.8. The van der Waals surface area contributed by atoms with E-state index in [4.69, 9.17) is 9.15 Å². The number of carbonyl (C=O) groups is 1. The lowest BCUT2D eigenvalue weighted by Crippen LogP contribution is -2.27. The fourth-order valence-corrected chi connectivity index (χ4v) is 2.99. The summed E-state index contributed by atoms with van der Waals surface area (Å²) in [6.07, 6.45) is 1.34. The van der Waals surface area contributed by atoms with Gasteiger partial charge in [-0.2, -0.15) is 0 Å². The monoisotopic (exact) mass is 378 g/mol. The molecule has 1 N–H and O–H groups in total. The van der Waals surface area contributed by atoms with Crippen molar-refractivity contribution in [1.82, 2.24) is 14.5 Å². The Kier molecular flexibility index (Phi) is 4.31. The quantitative estimate of drug-likeness (QED) is 0.586. The van der Waals surface area contributed by atoms with E-state index in [1.165, 1.54) is 18.0 Å². The maximum Gasteiger partial charge on any atom is 0.297 e. The van der Waals surface area contributed by atoms with Crippen molar-refractivity contribution in [2.45, 2.75) is 20.4 Å². The van der Waals surface area contributed by atoms with Crippen molar-refractivity contribution in [2.75, 3.05) is 12.4 Å². The van der Waals surface area contributed by atoms with E-state index in [1.54, 1.807) is 24.3 Å². The van der Waals surface area contributed by atoms with Crippen LogP contribution in [-0.2, 0) is 11.3 Å². The maximum atomic E-state index is 12.8. The first-order chi connectivity index (χ1) is 13.5. The van der Waals surface area contributed by atoms with E-state index < -0.39 is 5.56 Å². The van der Waals surface area contributed by atoms with E-state index in [0.717, 1.165) is 11.3 Å². The molecule has 0 fully saturated rings. The fraction of sp³-hybridized carbons (Fsp3) is 0.200. The number of anilines is 1. The van der Waals surface area contributed by atoms with Crippen LogP contribution in [-0.4, -0.2) is 27.6 Å². The summed E-state index contributed by atoms with van der Waals surface area (Å²) in [5.74, 6) is 0.152. The molecular weight excluding hydrogens is 360 g/mol. The summed E-state index contributed by atoms with van der Waals surface area (Å²) in [7, 11) is 1.52. The highest BCUT2D eigenvalue weighted by atomic mass is 16.5. The molecule has 0 aliphatic rings. The predicted molar refractivity (Wildman–Crippen MR) is 105 cm³/mol. The molecule has 0 spiro atoms. The summed E-state index contributed by atoms with van der Waals surface area (Å²) in [6.45, 7) is 3.60. The number of carbonyl (C=O) groups excluding carboxylic acids is 1. The van der Waals surface area contributed by atoms with Crippen LogP contribution in [0.15, 0.2) is 45.9 Å². The molecule has 0 bridgehead atoms. The van der Waals surface area contributed by atoms with E-state index in [-0.39, 0.29) is 18.0 Å². The molecule has 3 heterocycles. The molecule has 1 amide bonds. The van der Waals surface area contributed by atoms with Crippen molar-refractivity contribution < 1.29 is 13.9 Å². The van der Waals surface area contributed by atoms with Crippen molar-refractivity contribution >= 4 is 33.8 Å². The Morgan fingerprint density at radius 2 is 2.07 bits per heavy atom. The number of aromatic nitrogens is 3. The smallest absolute Gasteiger partial charge is 0.297 e. The van der Waals surface area contributed by atoms with E-state index >= 15 is 0 Å². The van der Waals surface area contributed by atoms with Gasteiger partial charge in [-0.25, -0.2) is 9.97 Å². The van der Waals surface area contributed by atoms with Gasteiger partial charge in [0.2, 0.25) is 17.2 Å². The lowest BCUT2D eigenvalue weighted by molar-refractivity contribution is -0.116. The number of furan rings is 1. The van der Waals surface area contributed by atoms with Crippen LogP contribution in [0.1, 0.15) is 11.3 Å². The first-order valence-corrected chi connectivity index (χ1v) is 8.66. The molecule has 4 aromatic rings. The zero-order valence-corrected chi connectivity index (χ0v) is 15.6. The second kappa shape index (κ2) is 6.80. The number of benzene rings is 1. The van der Waals surface area contributed by atoms with Gasteiger partial charge in [0.05, 0.1) is 24.5 Å². The third-order valence-corrected chi connectivity index (χ3v) is 4.58. The number of nitrogens with zero attached hydrogens (tertiary/aromatic N) is 3. The number of amides is 1. The number of ether oxygens (including phenoxy) is 1.